The number of ether oxygens (including phenoxy) is 1. The summed E-state index contributed by atoms with van der Waals surface area (Å²) in [5, 5.41) is 29.6. The van der Waals surface area contributed by atoms with Crippen LogP contribution in [0, 0.1) is 0 Å². The predicted octanol–water partition coefficient (Wildman–Crippen LogP) is -2.48. The Morgan fingerprint density at radius 1 is 1.33 bits per heavy atom. The summed E-state index contributed by atoms with van der Waals surface area (Å²) in [4.78, 5) is 32.0. The van der Waals surface area contributed by atoms with E-state index in [1.54, 1.807) is 0 Å². The van der Waals surface area contributed by atoms with Gasteiger partial charge in [-0.05, 0) is 0 Å². The second-order valence-electron chi connectivity index (χ2n) is 5.06. The SMILES string of the molecule is Nc1nc([C@H]2O[C@H](C(O)OP(=O)(O)O)[C@@H](O)[C@@H]2O)nc2nc[nH]c12. The molecule has 0 radical (unpaired) electrons. The van der Waals surface area contributed by atoms with Crippen molar-refractivity contribution in [1.82, 2.24) is 19.9 Å². The molecule has 2 aromatic heterocycles. The highest BCUT2D eigenvalue weighted by molar-refractivity contribution is 7.46. The lowest BCUT2D eigenvalue weighted by Gasteiger charge is -2.21. The number of aromatic nitrogens is 4. The number of rotatable bonds is 4. The van der Waals surface area contributed by atoms with Crippen LogP contribution in [0.5, 0.6) is 0 Å². The van der Waals surface area contributed by atoms with Crippen molar-refractivity contribution in [3.05, 3.63) is 12.2 Å². The van der Waals surface area contributed by atoms with Crippen LogP contribution in [0.4, 0.5) is 5.82 Å². The second-order valence-corrected chi connectivity index (χ2v) is 6.25. The van der Waals surface area contributed by atoms with Crippen LogP contribution >= 0.6 is 7.82 Å². The number of aliphatic hydroxyl groups is 3. The van der Waals surface area contributed by atoms with E-state index >= 15 is 0 Å². The number of nitrogens with zero attached hydrogens (tertiary/aromatic N) is 3. The monoisotopic (exact) mass is 363 g/mol. The van der Waals surface area contributed by atoms with Crippen LogP contribution in [0.3, 0.4) is 0 Å². The van der Waals surface area contributed by atoms with Crippen molar-refractivity contribution in [2.75, 3.05) is 5.73 Å². The number of hydrogen-bond acceptors (Lipinski definition) is 10. The van der Waals surface area contributed by atoms with Gasteiger partial charge in [-0.15, -0.1) is 0 Å². The minimum atomic E-state index is -5.03. The number of imidazole rings is 1. The van der Waals surface area contributed by atoms with E-state index in [9.17, 15) is 19.9 Å². The van der Waals surface area contributed by atoms with E-state index in [0.717, 1.165) is 0 Å². The van der Waals surface area contributed by atoms with Crippen LogP contribution in [-0.2, 0) is 13.8 Å². The number of hydrogen-bond donors (Lipinski definition) is 7. The van der Waals surface area contributed by atoms with Crippen LogP contribution in [0.25, 0.3) is 11.2 Å². The van der Waals surface area contributed by atoms with E-state index in [1.165, 1.54) is 6.33 Å². The molecule has 3 heterocycles. The average molecular weight is 363 g/mol. The molecular weight excluding hydrogens is 349 g/mol. The standard InChI is InChI=1S/C10H14N5O8P/c11-7-2-8(13-1-12-2)15-9(14-7)5-3(16)4(17)6(22-5)10(18)23-24(19,20)21/h1,3-6,10,16-18H,(H2,19,20,21)(H3,11,12,13,14,15)/t3-,4-,5-,6-,10?/m0/s1. The van der Waals surface area contributed by atoms with E-state index in [-0.39, 0.29) is 17.3 Å². The van der Waals surface area contributed by atoms with Gasteiger partial charge in [0.25, 0.3) is 0 Å². The van der Waals surface area contributed by atoms with Crippen LogP contribution in [0.2, 0.25) is 0 Å². The summed E-state index contributed by atoms with van der Waals surface area (Å²) >= 11 is 0. The van der Waals surface area contributed by atoms with Crippen molar-refractivity contribution in [2.24, 2.45) is 0 Å². The summed E-state index contributed by atoms with van der Waals surface area (Å²) in [6.07, 6.45) is -7.12. The highest BCUT2D eigenvalue weighted by Gasteiger charge is 2.49. The molecule has 2 aromatic rings. The number of nitrogens with one attached hydrogen (secondary N) is 1. The summed E-state index contributed by atoms with van der Waals surface area (Å²) < 4.78 is 20.0. The molecule has 1 unspecified atom stereocenters. The Kier molecular flexibility index (Phi) is 4.27. The smallest absolute Gasteiger partial charge is 0.387 e. The fourth-order valence-electron chi connectivity index (χ4n) is 2.35. The van der Waals surface area contributed by atoms with Crippen molar-refractivity contribution >= 4 is 24.8 Å². The Morgan fingerprint density at radius 2 is 2.04 bits per heavy atom. The summed E-state index contributed by atoms with van der Waals surface area (Å²) in [5.41, 5.74) is 6.29. The lowest BCUT2D eigenvalue weighted by atomic mass is 10.1. The molecule has 5 atom stereocenters. The van der Waals surface area contributed by atoms with Crippen LogP contribution in [0.15, 0.2) is 6.33 Å². The number of nitrogen functional groups attached to an aromatic ring is 1. The molecule has 8 N–H and O–H groups in total. The maximum Gasteiger partial charge on any atom is 0.472 e. The molecule has 0 bridgehead atoms. The molecule has 1 aliphatic heterocycles. The topological polar surface area (TPSA) is 217 Å². The highest BCUT2D eigenvalue weighted by Crippen LogP contribution is 2.41. The molecular formula is C10H14N5O8P. The molecule has 0 spiro atoms. The largest absolute Gasteiger partial charge is 0.472 e. The predicted molar refractivity (Wildman–Crippen MR) is 74.9 cm³/mol. The number of fused-ring (bicyclic) bond motifs is 1. The van der Waals surface area contributed by atoms with Gasteiger partial charge < -0.3 is 40.6 Å². The Bertz CT molecular complexity index is 795. The zero-order valence-electron chi connectivity index (χ0n) is 11.8. The van der Waals surface area contributed by atoms with E-state index in [1.807, 2.05) is 0 Å². The van der Waals surface area contributed by atoms with Crippen molar-refractivity contribution in [3.63, 3.8) is 0 Å². The molecule has 3 rings (SSSR count). The normalized spacial score (nSPS) is 29.2. The molecule has 24 heavy (non-hydrogen) atoms. The number of nitrogens with two attached hydrogens (primary N) is 1. The van der Waals surface area contributed by atoms with Gasteiger partial charge in [0.1, 0.15) is 29.9 Å². The maximum absolute atomic E-state index is 10.8. The lowest BCUT2D eigenvalue weighted by molar-refractivity contribution is -0.154. The number of aliphatic hydroxyl groups excluding tert-OH is 3. The molecule has 14 heteroatoms. The number of H-pyrrole nitrogens is 1. The molecule has 1 fully saturated rings. The Labute approximate surface area is 133 Å². The molecule has 0 aliphatic carbocycles. The van der Waals surface area contributed by atoms with E-state index in [2.05, 4.69) is 24.5 Å². The van der Waals surface area contributed by atoms with Gasteiger partial charge in [0.15, 0.2) is 23.6 Å². The summed E-state index contributed by atoms with van der Waals surface area (Å²) in [7, 11) is -5.03. The number of phosphoric ester groups is 1. The fourth-order valence-corrected chi connectivity index (χ4v) is 2.76. The van der Waals surface area contributed by atoms with Crippen molar-refractivity contribution < 1.29 is 38.9 Å². The zero-order valence-corrected chi connectivity index (χ0v) is 12.7. The van der Waals surface area contributed by atoms with E-state index in [0.29, 0.717) is 5.52 Å². The summed E-state index contributed by atoms with van der Waals surface area (Å²) in [5.74, 6) is -0.0993. The first-order valence-electron chi connectivity index (χ1n) is 6.57. The first-order chi connectivity index (χ1) is 11.2. The van der Waals surface area contributed by atoms with Crippen molar-refractivity contribution in [2.45, 2.75) is 30.7 Å². The number of phosphoric acid groups is 1. The third-order valence-electron chi connectivity index (χ3n) is 3.41. The first-order valence-corrected chi connectivity index (χ1v) is 8.10. The van der Waals surface area contributed by atoms with Gasteiger partial charge in [0.2, 0.25) is 0 Å². The summed E-state index contributed by atoms with van der Waals surface area (Å²) in [6.45, 7) is 0. The zero-order chi connectivity index (χ0) is 17.6. The highest BCUT2D eigenvalue weighted by atomic mass is 31.2. The second kappa shape index (κ2) is 5.98. The quantitative estimate of drug-likeness (QED) is 0.222. The third kappa shape index (κ3) is 3.11. The lowest BCUT2D eigenvalue weighted by Crippen LogP contribution is -2.39. The fraction of sp³-hybridized carbons (Fsp3) is 0.500. The van der Waals surface area contributed by atoms with Crippen LogP contribution < -0.4 is 5.73 Å². The van der Waals surface area contributed by atoms with Gasteiger partial charge in [-0.2, -0.15) is 0 Å². The third-order valence-corrected chi connectivity index (χ3v) is 3.90. The molecule has 0 aromatic carbocycles. The first kappa shape index (κ1) is 17.1. The molecule has 132 valence electrons. The minimum absolute atomic E-state index is 0.0215. The van der Waals surface area contributed by atoms with Crippen molar-refractivity contribution in [3.8, 4) is 0 Å². The van der Waals surface area contributed by atoms with Gasteiger partial charge in [-0.1, -0.05) is 0 Å². The van der Waals surface area contributed by atoms with Gasteiger partial charge >= 0.3 is 7.82 Å². The van der Waals surface area contributed by atoms with Crippen molar-refractivity contribution in [1.29, 1.82) is 0 Å². The average Bonchev–Trinajstić information content (AvgIpc) is 3.04. The Balaban J connectivity index is 1.87. The molecule has 0 amide bonds. The minimum Gasteiger partial charge on any atom is -0.387 e. The Morgan fingerprint density at radius 3 is 2.71 bits per heavy atom. The molecule has 1 aliphatic rings. The maximum atomic E-state index is 10.8. The van der Waals surface area contributed by atoms with Crippen LogP contribution in [0.1, 0.15) is 11.9 Å². The van der Waals surface area contributed by atoms with Gasteiger partial charge in [-0.3, -0.25) is 4.52 Å². The number of anilines is 1. The Hall–Kier alpha value is -1.70. The van der Waals surface area contributed by atoms with Gasteiger partial charge in [0.05, 0.1) is 6.33 Å². The summed E-state index contributed by atoms with van der Waals surface area (Å²) in [6, 6.07) is 0. The molecule has 1 saturated heterocycles. The molecule has 0 saturated carbocycles. The van der Waals surface area contributed by atoms with E-state index in [4.69, 9.17) is 20.3 Å². The molecule has 13 nitrogen and oxygen atoms in total. The van der Waals surface area contributed by atoms with Crippen LogP contribution in [-0.4, -0.2) is 69.6 Å². The number of aromatic amines is 1. The van der Waals surface area contributed by atoms with Gasteiger partial charge in [0, 0.05) is 0 Å². The van der Waals surface area contributed by atoms with Gasteiger partial charge in [-0.25, -0.2) is 19.5 Å². The van der Waals surface area contributed by atoms with E-state index < -0.39 is 38.5 Å².